The van der Waals surface area contributed by atoms with Crippen molar-refractivity contribution in [3.63, 3.8) is 0 Å². The molecular formula is C17H12Cl2N2O2. The molecule has 0 aliphatic heterocycles. The number of pyridine rings is 1. The van der Waals surface area contributed by atoms with Crippen LogP contribution in [0.1, 0.15) is 16.2 Å². The molecule has 4 nitrogen and oxygen atoms in total. The lowest BCUT2D eigenvalue weighted by Gasteiger charge is -2.04. The summed E-state index contributed by atoms with van der Waals surface area (Å²) >= 11 is 11.8. The molecule has 3 rings (SSSR count). The van der Waals surface area contributed by atoms with Gasteiger partial charge in [0.05, 0.1) is 10.7 Å². The zero-order valence-corrected chi connectivity index (χ0v) is 13.7. The number of carbonyl (C=O) groups is 1. The average Bonchev–Trinajstić information content (AvgIpc) is 3.02. The minimum absolute atomic E-state index is 0.198. The first-order valence-corrected chi connectivity index (χ1v) is 7.59. The summed E-state index contributed by atoms with van der Waals surface area (Å²) in [5.41, 5.74) is 1.49. The van der Waals surface area contributed by atoms with E-state index in [1.807, 2.05) is 12.1 Å². The molecule has 0 spiro atoms. The number of benzene rings is 1. The molecule has 116 valence electrons. The van der Waals surface area contributed by atoms with E-state index in [1.165, 1.54) is 0 Å². The van der Waals surface area contributed by atoms with Gasteiger partial charge in [0.2, 0.25) is 0 Å². The smallest absolute Gasteiger partial charge is 0.292 e. The van der Waals surface area contributed by atoms with Gasteiger partial charge in [-0.15, -0.1) is 0 Å². The van der Waals surface area contributed by atoms with Crippen molar-refractivity contribution < 1.29 is 9.21 Å². The van der Waals surface area contributed by atoms with Gasteiger partial charge in [0.1, 0.15) is 11.6 Å². The molecular weight excluding hydrogens is 335 g/mol. The van der Waals surface area contributed by atoms with E-state index in [9.17, 15) is 4.79 Å². The molecule has 0 aliphatic carbocycles. The van der Waals surface area contributed by atoms with Crippen LogP contribution < -0.4 is 5.32 Å². The molecule has 0 atom stereocenters. The fourth-order valence-electron chi connectivity index (χ4n) is 2.02. The molecule has 0 fully saturated rings. The minimum atomic E-state index is -0.376. The number of rotatable bonds is 3. The summed E-state index contributed by atoms with van der Waals surface area (Å²) in [6, 6.07) is 13.8. The van der Waals surface area contributed by atoms with Gasteiger partial charge in [-0.1, -0.05) is 23.2 Å². The fraction of sp³-hybridized carbons (Fsp3) is 0.0588. The summed E-state index contributed by atoms with van der Waals surface area (Å²) in [4.78, 5) is 16.4. The zero-order valence-electron chi connectivity index (χ0n) is 12.1. The number of anilines is 1. The Morgan fingerprint density at radius 2 is 1.78 bits per heavy atom. The Bertz CT molecular complexity index is 857. The Kier molecular flexibility index (Phi) is 4.37. The number of amides is 1. The lowest BCUT2D eigenvalue weighted by Crippen LogP contribution is -2.12. The van der Waals surface area contributed by atoms with Crippen LogP contribution in [0.15, 0.2) is 52.9 Å². The Morgan fingerprint density at radius 1 is 1.04 bits per heavy atom. The number of hydrogen-bond acceptors (Lipinski definition) is 3. The third-order valence-electron chi connectivity index (χ3n) is 3.22. The Balaban J connectivity index is 1.78. The Morgan fingerprint density at radius 3 is 2.48 bits per heavy atom. The summed E-state index contributed by atoms with van der Waals surface area (Å²) in [6.07, 6.45) is 0. The second kappa shape index (κ2) is 6.44. The number of aromatic nitrogens is 1. The monoisotopic (exact) mass is 346 g/mol. The Hall–Kier alpha value is -2.30. The molecule has 3 aromatic rings. The van der Waals surface area contributed by atoms with Gasteiger partial charge in [0.15, 0.2) is 5.76 Å². The lowest BCUT2D eigenvalue weighted by atomic mass is 10.2. The maximum atomic E-state index is 12.2. The van der Waals surface area contributed by atoms with E-state index in [1.54, 1.807) is 43.3 Å². The van der Waals surface area contributed by atoms with Crippen LogP contribution in [0.3, 0.4) is 0 Å². The second-order valence-electron chi connectivity index (χ2n) is 4.89. The van der Waals surface area contributed by atoms with Gasteiger partial charge in [-0.3, -0.25) is 4.79 Å². The van der Waals surface area contributed by atoms with Crippen molar-refractivity contribution in [1.29, 1.82) is 0 Å². The summed E-state index contributed by atoms with van der Waals surface area (Å²) < 4.78 is 5.59. The molecule has 0 bridgehead atoms. The van der Waals surface area contributed by atoms with Crippen LogP contribution in [0, 0.1) is 6.92 Å². The molecule has 0 saturated carbocycles. The first kappa shape index (κ1) is 15.6. The van der Waals surface area contributed by atoms with Gasteiger partial charge in [0.25, 0.3) is 5.91 Å². The number of nitrogens with zero attached hydrogens (tertiary/aromatic N) is 1. The standard InChI is InChI=1S/C17H12Cl2N2O2/c1-10-13(19)6-9-16(20-10)21-17(22)15-8-7-14(23-15)11-2-4-12(18)5-3-11/h2-9H,1H3,(H,20,21,22). The van der Waals surface area contributed by atoms with Crippen molar-refractivity contribution in [2.24, 2.45) is 0 Å². The highest BCUT2D eigenvalue weighted by Crippen LogP contribution is 2.24. The highest BCUT2D eigenvalue weighted by atomic mass is 35.5. The number of hydrogen-bond donors (Lipinski definition) is 1. The molecule has 0 radical (unpaired) electrons. The van der Waals surface area contributed by atoms with E-state index in [0.29, 0.717) is 27.3 Å². The molecule has 23 heavy (non-hydrogen) atoms. The summed E-state index contributed by atoms with van der Waals surface area (Å²) in [7, 11) is 0. The molecule has 1 amide bonds. The number of furan rings is 1. The van der Waals surface area contributed by atoms with Crippen molar-refractivity contribution in [3.05, 3.63) is 70.0 Å². The normalized spacial score (nSPS) is 10.6. The van der Waals surface area contributed by atoms with E-state index in [0.717, 1.165) is 5.56 Å². The largest absolute Gasteiger partial charge is 0.451 e. The van der Waals surface area contributed by atoms with Gasteiger partial charge >= 0.3 is 0 Å². The third kappa shape index (κ3) is 3.55. The summed E-state index contributed by atoms with van der Waals surface area (Å²) in [6.45, 7) is 1.77. The van der Waals surface area contributed by atoms with E-state index >= 15 is 0 Å². The quantitative estimate of drug-likeness (QED) is 0.708. The van der Waals surface area contributed by atoms with Crippen molar-refractivity contribution in [1.82, 2.24) is 4.98 Å². The van der Waals surface area contributed by atoms with E-state index in [-0.39, 0.29) is 11.7 Å². The molecule has 1 aromatic carbocycles. The van der Waals surface area contributed by atoms with Crippen LogP contribution in [-0.4, -0.2) is 10.9 Å². The second-order valence-corrected chi connectivity index (χ2v) is 5.73. The minimum Gasteiger partial charge on any atom is -0.451 e. The van der Waals surface area contributed by atoms with Gasteiger partial charge in [-0.05, 0) is 55.5 Å². The highest BCUT2D eigenvalue weighted by Gasteiger charge is 2.13. The zero-order chi connectivity index (χ0) is 16.4. The predicted octanol–water partition coefficient (Wildman–Crippen LogP) is 5.21. The Labute approximate surface area is 143 Å². The first-order valence-electron chi connectivity index (χ1n) is 6.83. The third-order valence-corrected chi connectivity index (χ3v) is 3.87. The molecule has 6 heteroatoms. The lowest BCUT2D eigenvalue weighted by molar-refractivity contribution is 0.0997. The predicted molar refractivity (Wildman–Crippen MR) is 91.1 cm³/mol. The topological polar surface area (TPSA) is 55.1 Å². The molecule has 0 saturated heterocycles. The summed E-state index contributed by atoms with van der Waals surface area (Å²) in [5, 5.41) is 3.87. The average molecular weight is 347 g/mol. The fourth-order valence-corrected chi connectivity index (χ4v) is 2.25. The maximum absolute atomic E-state index is 12.2. The van der Waals surface area contributed by atoms with E-state index < -0.39 is 0 Å². The molecule has 1 N–H and O–H groups in total. The van der Waals surface area contributed by atoms with Crippen molar-refractivity contribution in [2.75, 3.05) is 5.32 Å². The van der Waals surface area contributed by atoms with Crippen LogP contribution >= 0.6 is 23.2 Å². The van der Waals surface area contributed by atoms with Crippen LogP contribution in [-0.2, 0) is 0 Å². The molecule has 2 heterocycles. The van der Waals surface area contributed by atoms with Crippen LogP contribution in [0.5, 0.6) is 0 Å². The van der Waals surface area contributed by atoms with Crippen molar-refractivity contribution >= 4 is 34.9 Å². The summed E-state index contributed by atoms with van der Waals surface area (Å²) in [5.74, 6) is 0.831. The highest BCUT2D eigenvalue weighted by molar-refractivity contribution is 6.31. The van der Waals surface area contributed by atoms with Crippen LogP contribution in [0.4, 0.5) is 5.82 Å². The van der Waals surface area contributed by atoms with Crippen molar-refractivity contribution in [3.8, 4) is 11.3 Å². The first-order chi connectivity index (χ1) is 11.0. The van der Waals surface area contributed by atoms with Gasteiger partial charge in [-0.2, -0.15) is 0 Å². The van der Waals surface area contributed by atoms with Crippen LogP contribution in [0.25, 0.3) is 11.3 Å². The number of halogens is 2. The number of carbonyl (C=O) groups excluding carboxylic acids is 1. The molecule has 2 aromatic heterocycles. The van der Waals surface area contributed by atoms with Gasteiger partial charge < -0.3 is 9.73 Å². The van der Waals surface area contributed by atoms with Gasteiger partial charge in [0, 0.05) is 10.6 Å². The van der Waals surface area contributed by atoms with E-state index in [4.69, 9.17) is 27.6 Å². The van der Waals surface area contributed by atoms with Crippen molar-refractivity contribution in [2.45, 2.75) is 6.92 Å². The van der Waals surface area contributed by atoms with Crippen LogP contribution in [0.2, 0.25) is 10.0 Å². The van der Waals surface area contributed by atoms with E-state index in [2.05, 4.69) is 10.3 Å². The SMILES string of the molecule is Cc1nc(NC(=O)c2ccc(-c3ccc(Cl)cc3)o2)ccc1Cl. The molecule has 0 unspecified atom stereocenters. The number of nitrogens with one attached hydrogen (secondary N) is 1. The number of aryl methyl sites for hydroxylation is 1. The van der Waals surface area contributed by atoms with Gasteiger partial charge in [-0.25, -0.2) is 4.98 Å². The molecule has 0 aliphatic rings. The maximum Gasteiger partial charge on any atom is 0.292 e.